The van der Waals surface area contributed by atoms with Crippen molar-refractivity contribution in [2.45, 2.75) is 177 Å². The van der Waals surface area contributed by atoms with Gasteiger partial charge in [0.05, 0.1) is 24.2 Å². The van der Waals surface area contributed by atoms with Crippen LogP contribution in [0, 0.1) is 23.7 Å². The zero-order chi connectivity index (χ0) is 60.2. The maximum absolute atomic E-state index is 15.1. The maximum atomic E-state index is 15.1. The van der Waals surface area contributed by atoms with Crippen LogP contribution in [0.4, 0.5) is 0 Å². The highest BCUT2D eigenvalue weighted by Crippen LogP contribution is 2.45. The van der Waals surface area contributed by atoms with Crippen LogP contribution < -0.4 is 42.5 Å². The molecule has 0 aromatic heterocycles. The molecule has 456 valence electrons. The third-order valence-corrected chi connectivity index (χ3v) is 20.2. The number of likely N-dealkylation sites (N-methyl/N-ethyl adjacent to an activating group) is 2. The van der Waals surface area contributed by atoms with Crippen molar-refractivity contribution < 1.29 is 38.4 Å². The summed E-state index contributed by atoms with van der Waals surface area (Å²) in [6.07, 6.45) is 11.0. The number of benzene rings is 4. The van der Waals surface area contributed by atoms with Gasteiger partial charge in [-0.2, -0.15) is 0 Å². The monoisotopic (exact) mass is 1170 g/mol. The molecule has 4 aromatic carbocycles. The topological polar surface area (TPSA) is 239 Å². The lowest BCUT2D eigenvalue weighted by Gasteiger charge is -2.35. The minimum Gasteiger partial charge on any atom is -0.351 e. The van der Waals surface area contributed by atoms with Gasteiger partial charge in [-0.3, -0.25) is 38.4 Å². The Morgan fingerprint density at radius 1 is 0.407 bits per heavy atom. The molecule has 4 aromatic rings. The molecule has 2 heterocycles. The first-order valence-electron chi connectivity index (χ1n) is 31.8. The number of hydrogen-bond donors (Lipinski definition) is 8. The molecule has 18 nitrogen and oxygen atoms in total. The van der Waals surface area contributed by atoms with E-state index in [0.717, 1.165) is 109 Å². The molecule has 0 spiro atoms. The lowest BCUT2D eigenvalue weighted by atomic mass is 9.81. The van der Waals surface area contributed by atoms with E-state index in [9.17, 15) is 28.8 Å². The molecule has 2 saturated heterocycles. The quantitative estimate of drug-likeness (QED) is 0.0571. The Morgan fingerprint density at radius 3 is 1.03 bits per heavy atom. The third kappa shape index (κ3) is 12.6. The molecular formula is C68H86N10O8. The standard InChI is InChI=1S/C68H86N10O8/c1-39(69-3)61(79)73-57(41-19-7-5-8-20-41)67(85)77-37-45(35-55(77)65(83)75-59-51-27-15-11-23-47(51)48-24-12-16-28-52(48)59)71-63(81)43-31-33-44(34-32-43)64(82)72-46-36-56(66(84)76-60-53-29-17-13-25-49(53)50-26-14-18-30-54(50)60)78(38-46)68(86)58(42-21-9-6-10-22-42)74-62(80)40(2)70-4/h11-18,23-30,39-46,55-60,69-70H,5-10,19-22,31-38H2,1-4H3,(H,71,81)(H,72,82)(H,73,79)(H,74,80)(H,75,83)(H,76,84)/t39-,40-,43?,44?,45-,46-,55-,56-,57-,58-/m0/s1. The van der Waals surface area contributed by atoms with Crippen LogP contribution in [0.15, 0.2) is 97.1 Å². The van der Waals surface area contributed by atoms with E-state index in [4.69, 9.17) is 0 Å². The molecule has 0 bridgehead atoms. The lowest BCUT2D eigenvalue weighted by Crippen LogP contribution is -2.58. The molecule has 8 amide bonds. The van der Waals surface area contributed by atoms with Crippen LogP contribution in [0.5, 0.6) is 0 Å². The second-order valence-corrected chi connectivity index (χ2v) is 25.5. The minimum atomic E-state index is -0.931. The van der Waals surface area contributed by atoms with Gasteiger partial charge in [0.1, 0.15) is 24.2 Å². The summed E-state index contributed by atoms with van der Waals surface area (Å²) in [6, 6.07) is 25.3. The van der Waals surface area contributed by atoms with Crippen molar-refractivity contribution in [2.24, 2.45) is 23.7 Å². The molecule has 18 heteroatoms. The van der Waals surface area contributed by atoms with Gasteiger partial charge in [-0.05, 0) is 148 Å². The Bertz CT molecular complexity index is 2890. The Morgan fingerprint density at radius 2 is 0.721 bits per heavy atom. The number of amides is 8. The number of carbonyl (C=O) groups is 8. The minimum absolute atomic E-state index is 0.0862. The van der Waals surface area contributed by atoms with Crippen molar-refractivity contribution >= 4 is 47.3 Å². The molecule has 5 aliphatic carbocycles. The highest BCUT2D eigenvalue weighted by Gasteiger charge is 2.49. The van der Waals surface area contributed by atoms with Gasteiger partial charge >= 0.3 is 0 Å². The average Bonchev–Trinajstić information content (AvgIpc) is 2.69. The van der Waals surface area contributed by atoms with Crippen molar-refractivity contribution in [3.8, 4) is 22.3 Å². The van der Waals surface area contributed by atoms with Gasteiger partial charge in [0, 0.05) is 37.0 Å². The molecule has 8 N–H and O–H groups in total. The summed E-state index contributed by atoms with van der Waals surface area (Å²) < 4.78 is 0. The van der Waals surface area contributed by atoms with E-state index in [1.165, 1.54) is 0 Å². The van der Waals surface area contributed by atoms with E-state index < -0.39 is 72.3 Å². The molecule has 0 unspecified atom stereocenters. The summed E-state index contributed by atoms with van der Waals surface area (Å²) >= 11 is 0. The van der Waals surface area contributed by atoms with E-state index in [1.807, 2.05) is 97.1 Å². The summed E-state index contributed by atoms with van der Waals surface area (Å²) in [4.78, 5) is 119. The van der Waals surface area contributed by atoms with Gasteiger partial charge < -0.3 is 52.3 Å². The van der Waals surface area contributed by atoms with E-state index in [2.05, 4.69) is 42.5 Å². The fraction of sp³-hybridized carbons (Fsp3) is 0.529. The smallest absolute Gasteiger partial charge is 0.246 e. The van der Waals surface area contributed by atoms with Crippen molar-refractivity contribution in [1.29, 1.82) is 0 Å². The first kappa shape index (κ1) is 60.3. The Balaban J connectivity index is 0.769. The Kier molecular flexibility index (Phi) is 18.7. The predicted molar refractivity (Wildman–Crippen MR) is 327 cm³/mol. The zero-order valence-electron chi connectivity index (χ0n) is 50.2. The number of hydrogen-bond acceptors (Lipinski definition) is 10. The predicted octanol–water partition coefficient (Wildman–Crippen LogP) is 6.08. The fourth-order valence-electron chi connectivity index (χ4n) is 15.1. The molecule has 8 atom stereocenters. The highest BCUT2D eigenvalue weighted by molar-refractivity contribution is 5.96. The summed E-state index contributed by atoms with van der Waals surface area (Å²) in [5.74, 6) is -3.37. The molecule has 3 saturated carbocycles. The second-order valence-electron chi connectivity index (χ2n) is 25.5. The molecule has 86 heavy (non-hydrogen) atoms. The third-order valence-electron chi connectivity index (χ3n) is 20.2. The summed E-state index contributed by atoms with van der Waals surface area (Å²) in [7, 11) is 3.40. The number of nitrogens with one attached hydrogen (secondary N) is 8. The van der Waals surface area contributed by atoms with Crippen LogP contribution in [-0.4, -0.2) is 133 Å². The first-order valence-corrected chi connectivity index (χ1v) is 31.8. The number of fused-ring (bicyclic) bond motifs is 6. The van der Waals surface area contributed by atoms with Crippen LogP contribution in [0.1, 0.15) is 151 Å². The molecular weight excluding hydrogens is 1080 g/mol. The lowest BCUT2D eigenvalue weighted by molar-refractivity contribution is -0.143. The zero-order valence-corrected chi connectivity index (χ0v) is 50.2. The van der Waals surface area contributed by atoms with Crippen LogP contribution >= 0.6 is 0 Å². The summed E-state index contributed by atoms with van der Waals surface area (Å²) in [5.41, 5.74) is 8.00. The normalized spacial score (nSPS) is 24.4. The molecule has 7 aliphatic rings. The summed E-state index contributed by atoms with van der Waals surface area (Å²) in [6.45, 7) is 3.67. The van der Waals surface area contributed by atoms with E-state index in [1.54, 1.807) is 37.7 Å². The number of carbonyl (C=O) groups excluding carboxylic acids is 8. The van der Waals surface area contributed by atoms with E-state index in [-0.39, 0.29) is 85.0 Å². The van der Waals surface area contributed by atoms with Gasteiger partial charge in [-0.1, -0.05) is 136 Å². The molecule has 2 aliphatic heterocycles. The Labute approximate surface area is 505 Å². The summed E-state index contributed by atoms with van der Waals surface area (Å²) in [5, 5.41) is 25.2. The first-order chi connectivity index (χ1) is 41.7. The van der Waals surface area contributed by atoms with Crippen molar-refractivity contribution in [3.05, 3.63) is 119 Å². The largest absolute Gasteiger partial charge is 0.351 e. The van der Waals surface area contributed by atoms with Crippen molar-refractivity contribution in [3.63, 3.8) is 0 Å². The number of nitrogens with zero attached hydrogens (tertiary/aromatic N) is 2. The van der Waals surface area contributed by atoms with Gasteiger partial charge in [0.25, 0.3) is 0 Å². The van der Waals surface area contributed by atoms with Crippen LogP contribution in [0.3, 0.4) is 0 Å². The van der Waals surface area contributed by atoms with Gasteiger partial charge in [0.2, 0.25) is 47.3 Å². The fourth-order valence-corrected chi connectivity index (χ4v) is 15.1. The number of rotatable bonds is 18. The number of likely N-dealkylation sites (tertiary alicyclic amines) is 2. The maximum Gasteiger partial charge on any atom is 0.246 e. The van der Waals surface area contributed by atoms with Gasteiger partial charge in [-0.15, -0.1) is 0 Å². The molecule has 11 rings (SSSR count). The second kappa shape index (κ2) is 26.7. The van der Waals surface area contributed by atoms with Gasteiger partial charge in [0.15, 0.2) is 0 Å². The van der Waals surface area contributed by atoms with Crippen molar-refractivity contribution in [1.82, 2.24) is 52.3 Å². The van der Waals surface area contributed by atoms with Gasteiger partial charge in [-0.25, -0.2) is 0 Å². The van der Waals surface area contributed by atoms with Crippen molar-refractivity contribution in [2.75, 3.05) is 27.2 Å². The van der Waals surface area contributed by atoms with Crippen LogP contribution in [-0.2, 0) is 38.4 Å². The van der Waals surface area contributed by atoms with E-state index >= 15 is 9.59 Å². The SMILES string of the molecule is CN[C@@H](C)C(=O)N[C@H](C(=O)N1C[C@@H](NC(=O)C2CCC(C(=O)N[C@H]3C[C@@H](C(=O)NC4c5ccccc5-c5ccccc54)N(C(=O)[C@@H](NC(=O)[C@H](C)NC)C4CCCCC4)C3)CC2)C[C@H]1C(=O)NC1c2ccccc2-c2ccccc21)C1CCCCC1. The molecule has 0 radical (unpaired) electrons. The van der Waals surface area contributed by atoms with E-state index in [0.29, 0.717) is 25.7 Å². The van der Waals surface area contributed by atoms with Crippen LogP contribution in [0.25, 0.3) is 22.3 Å². The Hall–Kier alpha value is -7.44. The molecule has 5 fully saturated rings. The van der Waals surface area contributed by atoms with Crippen LogP contribution in [0.2, 0.25) is 0 Å². The highest BCUT2D eigenvalue weighted by atomic mass is 16.2. The average molecular weight is 1170 g/mol.